The van der Waals surface area contributed by atoms with E-state index in [1.807, 2.05) is 5.43 Å². The van der Waals surface area contributed by atoms with Crippen molar-refractivity contribution in [2.24, 2.45) is 5.84 Å². The molecule has 0 aliphatic carbocycles. The average molecular weight is 183 g/mol. The summed E-state index contributed by atoms with van der Waals surface area (Å²) in [5, 5.41) is 0. The van der Waals surface area contributed by atoms with E-state index in [2.05, 4.69) is 4.98 Å². The van der Waals surface area contributed by atoms with Crippen LogP contribution in [-0.2, 0) is 6.42 Å². The normalized spacial score (nSPS) is 9.77. The Hall–Kier alpha value is -1.49. The molecule has 0 radical (unpaired) electrons. The number of amides is 1. The fraction of sp³-hybridized carbons (Fsp3) is 0.250. The molecule has 0 bridgehead atoms. The lowest BCUT2D eigenvalue weighted by molar-refractivity contribution is 0.0953. The van der Waals surface area contributed by atoms with E-state index in [0.717, 1.165) is 6.07 Å². The van der Waals surface area contributed by atoms with Crippen LogP contribution in [0.4, 0.5) is 4.39 Å². The summed E-state index contributed by atoms with van der Waals surface area (Å²) in [5.41, 5.74) is 2.36. The molecular formula is C8H10FN3O. The molecule has 0 saturated carbocycles. The smallest absolute Gasteiger partial charge is 0.266 e. The zero-order valence-electron chi connectivity index (χ0n) is 7.17. The Morgan fingerprint density at radius 1 is 1.77 bits per heavy atom. The molecule has 1 heterocycles. The van der Waals surface area contributed by atoms with Gasteiger partial charge in [0.1, 0.15) is 5.82 Å². The van der Waals surface area contributed by atoms with Gasteiger partial charge in [0.2, 0.25) is 0 Å². The van der Waals surface area contributed by atoms with Crippen LogP contribution in [0.2, 0.25) is 0 Å². The Labute approximate surface area is 74.9 Å². The minimum atomic E-state index is -0.547. The van der Waals surface area contributed by atoms with Gasteiger partial charge in [0.15, 0.2) is 0 Å². The van der Waals surface area contributed by atoms with E-state index < -0.39 is 11.7 Å². The van der Waals surface area contributed by atoms with Crippen molar-refractivity contribution < 1.29 is 9.18 Å². The summed E-state index contributed by atoms with van der Waals surface area (Å²) >= 11 is 0. The van der Waals surface area contributed by atoms with Crippen LogP contribution >= 0.6 is 0 Å². The Morgan fingerprint density at radius 2 is 2.46 bits per heavy atom. The highest BCUT2D eigenvalue weighted by Gasteiger charge is 2.08. The molecule has 0 atom stereocenters. The lowest BCUT2D eigenvalue weighted by Gasteiger charge is -2.01. The fourth-order valence-electron chi connectivity index (χ4n) is 0.934. The van der Waals surface area contributed by atoms with Gasteiger partial charge in [0.05, 0.1) is 11.3 Å². The molecule has 0 aliphatic heterocycles. The number of rotatable bonds is 2. The van der Waals surface area contributed by atoms with Crippen molar-refractivity contribution >= 4 is 5.91 Å². The van der Waals surface area contributed by atoms with Gasteiger partial charge < -0.3 is 0 Å². The van der Waals surface area contributed by atoms with E-state index >= 15 is 0 Å². The largest absolute Gasteiger partial charge is 0.290 e. The highest BCUT2D eigenvalue weighted by molar-refractivity contribution is 5.93. The molecule has 1 aromatic rings. The molecule has 0 unspecified atom stereocenters. The second-order valence-electron chi connectivity index (χ2n) is 2.48. The number of aryl methyl sites for hydroxylation is 1. The van der Waals surface area contributed by atoms with Crippen LogP contribution in [0.1, 0.15) is 23.0 Å². The van der Waals surface area contributed by atoms with Gasteiger partial charge in [-0.3, -0.25) is 15.2 Å². The summed E-state index contributed by atoms with van der Waals surface area (Å²) in [6.45, 7) is 1.79. The van der Waals surface area contributed by atoms with E-state index in [1.165, 1.54) is 6.20 Å². The molecule has 0 saturated heterocycles. The van der Waals surface area contributed by atoms with Gasteiger partial charge in [-0.25, -0.2) is 10.2 Å². The Morgan fingerprint density at radius 3 is 2.92 bits per heavy atom. The fourth-order valence-corrected chi connectivity index (χ4v) is 0.934. The van der Waals surface area contributed by atoms with Crippen molar-refractivity contribution in [2.45, 2.75) is 13.3 Å². The van der Waals surface area contributed by atoms with Gasteiger partial charge in [-0.05, 0) is 12.5 Å². The predicted molar refractivity (Wildman–Crippen MR) is 45.2 cm³/mol. The third-order valence-corrected chi connectivity index (χ3v) is 1.65. The molecule has 3 N–H and O–H groups in total. The molecular weight excluding hydrogens is 173 g/mol. The number of nitrogens with one attached hydrogen (secondary N) is 1. The number of halogens is 1. The third kappa shape index (κ3) is 2.00. The summed E-state index contributed by atoms with van der Waals surface area (Å²) < 4.78 is 13.1. The molecule has 1 aromatic heterocycles. The molecule has 0 fully saturated rings. The van der Waals surface area contributed by atoms with Crippen molar-refractivity contribution in [3.8, 4) is 0 Å². The summed E-state index contributed by atoms with van der Waals surface area (Å²) in [6.07, 6.45) is 1.79. The lowest BCUT2D eigenvalue weighted by Crippen LogP contribution is -2.30. The minimum absolute atomic E-state index is 0.122. The second kappa shape index (κ2) is 3.95. The average Bonchev–Trinajstić information content (AvgIpc) is 2.16. The van der Waals surface area contributed by atoms with Crippen molar-refractivity contribution in [2.75, 3.05) is 0 Å². The maximum atomic E-state index is 13.1. The topological polar surface area (TPSA) is 68.0 Å². The standard InChI is InChI=1S/C8H10FN3O/c1-2-7-6(9)3-5(4-11-7)8(13)12-10/h3-4H,2,10H2,1H3,(H,12,13). The van der Waals surface area contributed by atoms with Crippen LogP contribution in [0.25, 0.3) is 0 Å². The molecule has 1 amide bonds. The molecule has 1 rings (SSSR count). The number of hydrogen-bond acceptors (Lipinski definition) is 3. The van der Waals surface area contributed by atoms with Crippen LogP contribution in [0, 0.1) is 5.82 Å². The van der Waals surface area contributed by atoms with E-state index in [9.17, 15) is 9.18 Å². The second-order valence-corrected chi connectivity index (χ2v) is 2.48. The number of nitrogen functional groups attached to an aromatic ring is 1. The van der Waals surface area contributed by atoms with Crippen LogP contribution in [0.15, 0.2) is 12.3 Å². The number of hydrazine groups is 1. The molecule has 0 spiro atoms. The first-order valence-electron chi connectivity index (χ1n) is 3.84. The van der Waals surface area contributed by atoms with Gasteiger partial charge in [-0.15, -0.1) is 0 Å². The van der Waals surface area contributed by atoms with E-state index in [4.69, 9.17) is 5.84 Å². The van der Waals surface area contributed by atoms with Crippen molar-refractivity contribution in [1.82, 2.24) is 10.4 Å². The summed E-state index contributed by atoms with van der Waals surface area (Å²) in [5.74, 6) is 3.84. The van der Waals surface area contributed by atoms with E-state index in [0.29, 0.717) is 12.1 Å². The highest BCUT2D eigenvalue weighted by atomic mass is 19.1. The van der Waals surface area contributed by atoms with Gasteiger partial charge in [-0.2, -0.15) is 0 Å². The maximum absolute atomic E-state index is 13.1. The Kier molecular flexibility index (Phi) is 2.92. The summed E-state index contributed by atoms with van der Waals surface area (Å²) in [7, 11) is 0. The first-order valence-corrected chi connectivity index (χ1v) is 3.84. The Bertz CT molecular complexity index is 327. The lowest BCUT2D eigenvalue weighted by atomic mass is 10.2. The molecule has 4 nitrogen and oxygen atoms in total. The zero-order valence-corrected chi connectivity index (χ0v) is 7.17. The molecule has 13 heavy (non-hydrogen) atoms. The quantitative estimate of drug-likeness (QED) is 0.396. The molecule has 0 aromatic carbocycles. The minimum Gasteiger partial charge on any atom is -0.290 e. The monoisotopic (exact) mass is 183 g/mol. The van der Waals surface area contributed by atoms with Crippen molar-refractivity contribution in [3.63, 3.8) is 0 Å². The number of aromatic nitrogens is 1. The van der Waals surface area contributed by atoms with Crippen LogP contribution in [0.3, 0.4) is 0 Å². The number of carbonyl (C=O) groups is 1. The van der Waals surface area contributed by atoms with Gasteiger partial charge in [0, 0.05) is 6.20 Å². The SMILES string of the molecule is CCc1ncc(C(=O)NN)cc1F. The van der Waals surface area contributed by atoms with Gasteiger partial charge >= 0.3 is 0 Å². The Balaban J connectivity index is 3.02. The summed E-state index contributed by atoms with van der Waals surface area (Å²) in [4.78, 5) is 14.7. The predicted octanol–water partition coefficient (Wildman–Crippen LogP) is 0.387. The third-order valence-electron chi connectivity index (χ3n) is 1.65. The molecule has 70 valence electrons. The zero-order chi connectivity index (χ0) is 9.84. The number of pyridine rings is 1. The number of nitrogens with zero attached hydrogens (tertiary/aromatic N) is 1. The van der Waals surface area contributed by atoms with E-state index in [-0.39, 0.29) is 5.56 Å². The maximum Gasteiger partial charge on any atom is 0.266 e. The first kappa shape index (κ1) is 9.60. The van der Waals surface area contributed by atoms with Crippen LogP contribution < -0.4 is 11.3 Å². The number of carbonyl (C=O) groups excluding carboxylic acids is 1. The highest BCUT2D eigenvalue weighted by Crippen LogP contribution is 2.07. The van der Waals surface area contributed by atoms with Crippen LogP contribution in [-0.4, -0.2) is 10.9 Å². The van der Waals surface area contributed by atoms with Gasteiger partial charge in [-0.1, -0.05) is 6.92 Å². The number of hydrogen-bond donors (Lipinski definition) is 2. The van der Waals surface area contributed by atoms with Gasteiger partial charge in [0.25, 0.3) is 5.91 Å². The van der Waals surface area contributed by atoms with Crippen LogP contribution in [0.5, 0.6) is 0 Å². The first-order chi connectivity index (χ1) is 6.19. The summed E-state index contributed by atoms with van der Waals surface area (Å²) in [6, 6.07) is 1.12. The van der Waals surface area contributed by atoms with E-state index in [1.54, 1.807) is 6.92 Å². The van der Waals surface area contributed by atoms with Crippen molar-refractivity contribution in [1.29, 1.82) is 0 Å². The van der Waals surface area contributed by atoms with Crippen molar-refractivity contribution in [3.05, 3.63) is 29.3 Å². The number of nitrogens with two attached hydrogens (primary N) is 1. The molecule has 0 aliphatic rings. The molecule has 5 heteroatoms.